The molecule has 1 aromatic rings. The number of hydrogen-bond acceptors (Lipinski definition) is 6. The van der Waals surface area contributed by atoms with E-state index in [4.69, 9.17) is 39.5 Å². The third kappa shape index (κ3) is 8.04. The molecule has 1 fully saturated rings. The number of alkyl halides is 3. The Balaban J connectivity index is 1.64. The number of nitrogens with one attached hydrogen (secondary N) is 2. The first-order chi connectivity index (χ1) is 12.7. The fraction of sp³-hybridized carbons (Fsp3) is 0.438. The normalized spacial score (nSPS) is 18.9. The molecule has 2 unspecified atom stereocenters. The van der Waals surface area contributed by atoms with Crippen LogP contribution in [0.2, 0.25) is 0 Å². The van der Waals surface area contributed by atoms with E-state index in [1.54, 1.807) is 0 Å². The van der Waals surface area contributed by atoms with Gasteiger partial charge in [-0.05, 0) is 5.56 Å². The van der Waals surface area contributed by atoms with Gasteiger partial charge in [0.25, 0.3) is 0 Å². The summed E-state index contributed by atoms with van der Waals surface area (Å²) in [6, 6.07) is 8.61. The second-order valence-electron chi connectivity index (χ2n) is 5.51. The van der Waals surface area contributed by atoms with E-state index in [0.29, 0.717) is 5.75 Å². The molecule has 2 rings (SSSR count). The van der Waals surface area contributed by atoms with E-state index in [1.165, 1.54) is 11.8 Å². The van der Waals surface area contributed by atoms with Gasteiger partial charge >= 0.3 is 6.16 Å². The van der Waals surface area contributed by atoms with Gasteiger partial charge in [0.1, 0.15) is 24.6 Å². The monoisotopic (exact) mass is 454 g/mol. The van der Waals surface area contributed by atoms with Crippen LogP contribution in [0, 0.1) is 0 Å². The molecular formula is C16H17Cl3N2O5S. The van der Waals surface area contributed by atoms with Crippen molar-refractivity contribution in [2.24, 2.45) is 0 Å². The van der Waals surface area contributed by atoms with Gasteiger partial charge in [-0.3, -0.25) is 9.59 Å². The van der Waals surface area contributed by atoms with Crippen molar-refractivity contribution in [3.8, 4) is 0 Å². The largest absolute Gasteiger partial charge is 0.508 e. The summed E-state index contributed by atoms with van der Waals surface area (Å²) in [7, 11) is 0. The van der Waals surface area contributed by atoms with Crippen molar-refractivity contribution in [2.75, 3.05) is 19.0 Å². The molecule has 1 aliphatic rings. The molecule has 0 aromatic heterocycles. The van der Waals surface area contributed by atoms with Gasteiger partial charge < -0.3 is 20.1 Å². The molecule has 2 atom stereocenters. The van der Waals surface area contributed by atoms with Crippen molar-refractivity contribution in [2.45, 2.75) is 21.6 Å². The Bertz CT molecular complexity index is 672. The Morgan fingerprint density at radius 1 is 1.19 bits per heavy atom. The van der Waals surface area contributed by atoms with Gasteiger partial charge in [-0.1, -0.05) is 65.1 Å². The fourth-order valence-corrected chi connectivity index (χ4v) is 3.30. The van der Waals surface area contributed by atoms with E-state index < -0.39 is 22.6 Å². The minimum absolute atomic E-state index is 0.0421. The molecule has 7 nitrogen and oxygen atoms in total. The van der Waals surface area contributed by atoms with E-state index >= 15 is 0 Å². The van der Waals surface area contributed by atoms with Crippen LogP contribution < -0.4 is 10.6 Å². The molecule has 0 bridgehead atoms. The highest BCUT2D eigenvalue weighted by atomic mass is 35.6. The number of benzene rings is 1. The van der Waals surface area contributed by atoms with Crippen LogP contribution in [0.25, 0.3) is 0 Å². The molecule has 1 saturated heterocycles. The number of carbonyl (C=O) groups is 3. The Kier molecular flexibility index (Phi) is 8.34. The number of rotatable bonds is 8. The number of ether oxygens (including phenoxy) is 2. The number of amides is 2. The van der Waals surface area contributed by atoms with Gasteiger partial charge in [-0.25, -0.2) is 4.79 Å². The fourth-order valence-electron chi connectivity index (χ4n) is 2.12. The summed E-state index contributed by atoms with van der Waals surface area (Å²) in [5.41, 5.74) is 0.862. The molecule has 148 valence electrons. The van der Waals surface area contributed by atoms with E-state index in [2.05, 4.69) is 15.4 Å². The van der Waals surface area contributed by atoms with Crippen LogP contribution in [0.15, 0.2) is 30.3 Å². The second-order valence-corrected chi connectivity index (χ2v) is 9.28. The number of hydrogen-bond donors (Lipinski definition) is 2. The number of halogens is 3. The van der Waals surface area contributed by atoms with Crippen molar-refractivity contribution >= 4 is 64.5 Å². The maximum Gasteiger partial charge on any atom is 0.508 e. The molecule has 1 aromatic carbocycles. The van der Waals surface area contributed by atoms with E-state index in [0.717, 1.165) is 5.56 Å². The zero-order valence-corrected chi connectivity index (χ0v) is 17.0. The lowest BCUT2D eigenvalue weighted by molar-refractivity contribution is -0.134. The minimum Gasteiger partial charge on any atom is -0.433 e. The van der Waals surface area contributed by atoms with Crippen molar-refractivity contribution in [1.29, 1.82) is 0 Å². The molecule has 0 radical (unpaired) electrons. The molecule has 27 heavy (non-hydrogen) atoms. The van der Waals surface area contributed by atoms with Gasteiger partial charge in [0, 0.05) is 5.75 Å². The summed E-state index contributed by atoms with van der Waals surface area (Å²) in [5.74, 6) is -0.103. The first-order valence-corrected chi connectivity index (χ1v) is 10.0. The lowest BCUT2D eigenvalue weighted by Gasteiger charge is -2.36. The highest BCUT2D eigenvalue weighted by Gasteiger charge is 2.40. The Morgan fingerprint density at radius 2 is 1.89 bits per heavy atom. The second kappa shape index (κ2) is 10.3. The quantitative estimate of drug-likeness (QED) is 0.271. The van der Waals surface area contributed by atoms with Crippen molar-refractivity contribution in [1.82, 2.24) is 10.6 Å². The summed E-state index contributed by atoms with van der Waals surface area (Å²) >= 11 is 17.7. The zero-order chi connectivity index (χ0) is 19.9. The molecule has 0 saturated carbocycles. The minimum atomic E-state index is -1.70. The van der Waals surface area contributed by atoms with Crippen molar-refractivity contribution in [3.63, 3.8) is 0 Å². The third-order valence-corrected chi connectivity index (χ3v) is 4.83. The van der Waals surface area contributed by atoms with Gasteiger partial charge in [-0.2, -0.15) is 0 Å². The van der Waals surface area contributed by atoms with Crippen LogP contribution in [0.3, 0.4) is 0 Å². The first kappa shape index (κ1) is 21.9. The molecule has 1 heterocycles. The smallest absolute Gasteiger partial charge is 0.433 e. The molecule has 11 heteroatoms. The molecule has 2 amide bonds. The standard InChI is InChI=1S/C16H17Cl3N2O5S/c17-16(18,19)9-26-15(24)25-6-7-27-14-12(13(23)21-14)20-11(22)8-10-4-2-1-3-5-10/h1-5,12,14H,6-9H2,(H,20,22)(H,21,23). The Labute approximate surface area is 175 Å². The van der Waals surface area contributed by atoms with Crippen LogP contribution >= 0.6 is 46.6 Å². The highest BCUT2D eigenvalue weighted by molar-refractivity contribution is 8.00. The summed E-state index contributed by atoms with van der Waals surface area (Å²) < 4.78 is 7.73. The lowest BCUT2D eigenvalue weighted by Crippen LogP contribution is -2.68. The molecule has 0 aliphatic carbocycles. The maximum absolute atomic E-state index is 12.1. The zero-order valence-electron chi connectivity index (χ0n) is 14.0. The Morgan fingerprint density at radius 3 is 2.52 bits per heavy atom. The summed E-state index contributed by atoms with van der Waals surface area (Å²) in [5, 5.41) is 5.09. The summed E-state index contributed by atoms with van der Waals surface area (Å²) in [4.78, 5) is 35.0. The average Bonchev–Trinajstić information content (AvgIpc) is 2.61. The number of β-lactam (4-membered cyclic amide) rings is 1. The number of thioether (sulfide) groups is 1. The summed E-state index contributed by atoms with van der Waals surface area (Å²) in [6.07, 6.45) is -0.757. The molecular weight excluding hydrogens is 439 g/mol. The predicted molar refractivity (Wildman–Crippen MR) is 104 cm³/mol. The van der Waals surface area contributed by atoms with Crippen molar-refractivity contribution < 1.29 is 23.9 Å². The average molecular weight is 456 g/mol. The van der Waals surface area contributed by atoms with Crippen LogP contribution in [0.5, 0.6) is 0 Å². The van der Waals surface area contributed by atoms with Crippen LogP contribution in [0.1, 0.15) is 5.56 Å². The van der Waals surface area contributed by atoms with Gasteiger partial charge in [0.2, 0.25) is 15.6 Å². The van der Waals surface area contributed by atoms with Gasteiger partial charge in [0.15, 0.2) is 0 Å². The molecule has 0 spiro atoms. The third-order valence-electron chi connectivity index (χ3n) is 3.35. The molecule has 1 aliphatic heterocycles. The van der Waals surface area contributed by atoms with Crippen LogP contribution in [-0.4, -0.2) is 52.1 Å². The Hall–Kier alpha value is -1.35. The first-order valence-electron chi connectivity index (χ1n) is 7.86. The predicted octanol–water partition coefficient (Wildman–Crippen LogP) is 2.43. The molecule has 2 N–H and O–H groups in total. The lowest BCUT2D eigenvalue weighted by atomic mass is 10.1. The topological polar surface area (TPSA) is 93.7 Å². The van der Waals surface area contributed by atoms with Gasteiger partial charge in [-0.15, -0.1) is 11.8 Å². The number of carbonyl (C=O) groups excluding carboxylic acids is 3. The van der Waals surface area contributed by atoms with E-state index in [1.807, 2.05) is 30.3 Å². The summed E-state index contributed by atoms with van der Waals surface area (Å²) in [6.45, 7) is -0.377. The van der Waals surface area contributed by atoms with Crippen molar-refractivity contribution in [3.05, 3.63) is 35.9 Å². The van der Waals surface area contributed by atoms with E-state index in [9.17, 15) is 14.4 Å². The van der Waals surface area contributed by atoms with Gasteiger partial charge in [0.05, 0.1) is 6.42 Å². The highest BCUT2D eigenvalue weighted by Crippen LogP contribution is 2.26. The van der Waals surface area contributed by atoms with E-state index in [-0.39, 0.29) is 30.2 Å². The SMILES string of the molecule is O=C(Cc1ccccc1)NC1C(=O)NC1SCCOC(=O)OCC(Cl)(Cl)Cl. The maximum atomic E-state index is 12.1. The van der Waals surface area contributed by atoms with Crippen LogP contribution in [0.4, 0.5) is 4.79 Å². The van der Waals surface area contributed by atoms with Crippen LogP contribution in [-0.2, 0) is 25.5 Å².